The first-order chi connectivity index (χ1) is 33.3. The van der Waals surface area contributed by atoms with Gasteiger partial charge in [-0.2, -0.15) is 48.3 Å². The van der Waals surface area contributed by atoms with Gasteiger partial charge in [0.2, 0.25) is 17.4 Å². The first-order valence-corrected chi connectivity index (χ1v) is 27.0. The second kappa shape index (κ2) is 26.1. The van der Waals surface area contributed by atoms with Gasteiger partial charge >= 0.3 is 24.1 Å². The van der Waals surface area contributed by atoms with Crippen molar-refractivity contribution in [1.82, 2.24) is 0 Å². The van der Waals surface area contributed by atoms with Gasteiger partial charge in [-0.05, 0) is 151 Å². The molecule has 406 valence electrons. The Balaban J connectivity index is 1.04. The lowest BCUT2D eigenvalue weighted by Crippen LogP contribution is -2.67. The molecule has 5 unspecified atom stereocenters. The molecule has 2 aromatic rings. The lowest BCUT2D eigenvalue weighted by atomic mass is 9.55. The SMILES string of the molecule is CC(C)OCC(CCCOCCSSCCCCCc1c(F)c(F)c(Oc2ccc3c(c2)CCC2C3CCC3(C)C(OCCCOC(C(F)(F)F)(C(F)(F)F)C(F)(F)F)CCC23)c(F)c1F)COC(C)C. The van der Waals surface area contributed by atoms with E-state index >= 15 is 17.6 Å². The van der Waals surface area contributed by atoms with E-state index in [2.05, 4.69) is 4.74 Å². The van der Waals surface area contributed by atoms with Gasteiger partial charge in [0.05, 0.1) is 44.7 Å². The minimum absolute atomic E-state index is 0.00497. The van der Waals surface area contributed by atoms with Crippen molar-refractivity contribution in [3.63, 3.8) is 0 Å². The van der Waals surface area contributed by atoms with Crippen molar-refractivity contribution in [3.8, 4) is 11.5 Å². The Morgan fingerprint density at radius 2 is 1.31 bits per heavy atom. The average Bonchev–Trinajstić information content (AvgIpc) is 3.62. The first-order valence-electron chi connectivity index (χ1n) is 24.5. The summed E-state index contributed by atoms with van der Waals surface area (Å²) in [6.07, 6.45) is -14.1. The van der Waals surface area contributed by atoms with Gasteiger partial charge in [-0.25, -0.2) is 8.78 Å². The fourth-order valence-electron chi connectivity index (χ4n) is 10.5. The van der Waals surface area contributed by atoms with Crippen LogP contribution in [-0.4, -0.2) is 93.6 Å². The number of hydrogen-bond acceptors (Lipinski definition) is 8. The van der Waals surface area contributed by atoms with Crippen molar-refractivity contribution in [2.24, 2.45) is 23.2 Å². The van der Waals surface area contributed by atoms with E-state index in [-0.39, 0.29) is 42.1 Å². The van der Waals surface area contributed by atoms with Crippen LogP contribution in [0.5, 0.6) is 11.5 Å². The Bertz CT molecular complexity index is 1910. The molecule has 5 rings (SSSR count). The van der Waals surface area contributed by atoms with E-state index in [0.717, 1.165) is 41.9 Å². The number of rotatable bonds is 28. The van der Waals surface area contributed by atoms with Crippen molar-refractivity contribution in [2.75, 3.05) is 51.1 Å². The lowest BCUT2D eigenvalue weighted by molar-refractivity contribution is -0.457. The van der Waals surface area contributed by atoms with Crippen LogP contribution in [0.3, 0.4) is 0 Å². The molecule has 21 heteroatoms. The highest BCUT2D eigenvalue weighted by atomic mass is 33.1. The highest BCUT2D eigenvalue weighted by Gasteiger charge is 2.85. The molecule has 5 atom stereocenters. The Labute approximate surface area is 416 Å². The van der Waals surface area contributed by atoms with E-state index in [4.69, 9.17) is 23.7 Å². The quantitative estimate of drug-likeness (QED) is 0.0362. The van der Waals surface area contributed by atoms with Crippen molar-refractivity contribution in [2.45, 2.75) is 166 Å². The van der Waals surface area contributed by atoms with E-state index in [0.29, 0.717) is 83.7 Å². The molecule has 0 saturated heterocycles. The van der Waals surface area contributed by atoms with Gasteiger partial charge in [0.25, 0.3) is 0 Å². The molecule has 0 heterocycles. The van der Waals surface area contributed by atoms with E-state index in [9.17, 15) is 39.5 Å². The number of benzene rings is 2. The normalized spacial score (nSPS) is 21.9. The minimum Gasteiger partial charge on any atom is -0.451 e. The lowest BCUT2D eigenvalue weighted by Gasteiger charge is -2.50. The zero-order valence-electron chi connectivity index (χ0n) is 40.8. The number of unbranched alkanes of at least 4 members (excludes halogenated alkanes) is 2. The number of ether oxygens (including phenoxy) is 6. The molecule has 0 aliphatic heterocycles. The molecule has 2 saturated carbocycles. The molecule has 71 heavy (non-hydrogen) atoms. The zero-order valence-corrected chi connectivity index (χ0v) is 42.4. The molecule has 3 aliphatic carbocycles. The summed E-state index contributed by atoms with van der Waals surface area (Å²) in [6, 6.07) is 4.86. The third kappa shape index (κ3) is 14.8. The average molecular weight is 1080 g/mol. The van der Waals surface area contributed by atoms with E-state index < -0.39 is 89.9 Å². The van der Waals surface area contributed by atoms with Gasteiger partial charge in [0.15, 0.2) is 11.6 Å². The summed E-state index contributed by atoms with van der Waals surface area (Å²) in [4.78, 5) is 0. The molecule has 3 aliphatic rings. The molecule has 2 aromatic carbocycles. The summed E-state index contributed by atoms with van der Waals surface area (Å²) in [5, 5.41) is 0. The Hall–Kier alpha value is -2.17. The number of hydrogen-bond donors (Lipinski definition) is 0. The van der Waals surface area contributed by atoms with Crippen LogP contribution in [0.1, 0.15) is 128 Å². The van der Waals surface area contributed by atoms with Gasteiger partial charge < -0.3 is 28.4 Å². The molecular formula is C50H67F13O6S2. The molecule has 0 aromatic heterocycles. The topological polar surface area (TPSA) is 55.4 Å². The van der Waals surface area contributed by atoms with E-state index in [1.54, 1.807) is 33.7 Å². The van der Waals surface area contributed by atoms with Crippen LogP contribution in [0.4, 0.5) is 57.1 Å². The monoisotopic (exact) mass is 1070 g/mol. The van der Waals surface area contributed by atoms with Gasteiger partial charge in [-0.3, -0.25) is 0 Å². The highest BCUT2D eigenvalue weighted by Crippen LogP contribution is 2.62. The van der Waals surface area contributed by atoms with Crippen LogP contribution in [-0.2, 0) is 36.5 Å². The molecule has 2 fully saturated rings. The maximum atomic E-state index is 15.4. The summed E-state index contributed by atoms with van der Waals surface area (Å²) in [7, 11) is 3.34. The van der Waals surface area contributed by atoms with Crippen molar-refractivity contribution >= 4 is 21.6 Å². The molecule has 0 bridgehead atoms. The van der Waals surface area contributed by atoms with Gasteiger partial charge in [0.1, 0.15) is 5.75 Å². The van der Waals surface area contributed by atoms with Gasteiger partial charge in [-0.15, -0.1) is 0 Å². The fraction of sp³-hybridized carbons (Fsp3) is 0.760. The van der Waals surface area contributed by atoms with Gasteiger partial charge in [-0.1, -0.05) is 41.0 Å². The molecule has 0 N–H and O–H groups in total. The van der Waals surface area contributed by atoms with Crippen LogP contribution in [0.15, 0.2) is 18.2 Å². The van der Waals surface area contributed by atoms with Crippen LogP contribution >= 0.6 is 21.6 Å². The van der Waals surface area contributed by atoms with Crippen LogP contribution in [0.2, 0.25) is 0 Å². The zero-order chi connectivity index (χ0) is 52.4. The maximum absolute atomic E-state index is 15.4. The van der Waals surface area contributed by atoms with Gasteiger partial charge in [0, 0.05) is 36.2 Å². The molecule has 0 radical (unpaired) electrons. The summed E-state index contributed by atoms with van der Waals surface area (Å²) >= 11 is 0. The first kappa shape index (κ1) is 59.7. The molecule has 6 nitrogen and oxygen atoms in total. The summed E-state index contributed by atoms with van der Waals surface area (Å²) in [5.74, 6) is -5.22. The van der Waals surface area contributed by atoms with Crippen molar-refractivity contribution < 1.29 is 85.5 Å². The fourth-order valence-corrected chi connectivity index (χ4v) is 12.5. The Kier molecular flexibility index (Phi) is 21.9. The molecule has 0 amide bonds. The van der Waals surface area contributed by atoms with Crippen LogP contribution in [0.25, 0.3) is 0 Å². The molecular weight excluding hydrogens is 1010 g/mol. The highest BCUT2D eigenvalue weighted by molar-refractivity contribution is 8.76. The predicted molar refractivity (Wildman–Crippen MR) is 247 cm³/mol. The van der Waals surface area contributed by atoms with Crippen LogP contribution in [0, 0.1) is 46.4 Å². The standard InChI is InChI=1S/C50H67F13O6S2/c1-30(2)66-28-32(29-67-31(3)4)11-9-21-64-24-26-71-70-25-8-6-7-12-38-41(51)43(53)45(44(54)42(38)52)69-34-14-16-35-33(27-34)13-15-37-36(35)19-20-46(5)39(37)17-18-40(46)65-22-10-23-68-47(48(55,56)57,49(58,59)60)50(61,62)63/h14,16,27,30-32,36-37,39-40H,6-13,15,17-26,28-29H2,1-5H3. The largest absolute Gasteiger partial charge is 0.451 e. The number of aryl methyl sites for hydroxylation is 1. The Morgan fingerprint density at radius 3 is 1.93 bits per heavy atom. The van der Waals surface area contributed by atoms with E-state index in [1.165, 1.54) is 6.07 Å². The van der Waals surface area contributed by atoms with Crippen molar-refractivity contribution in [1.29, 1.82) is 0 Å². The number of halogens is 13. The van der Waals surface area contributed by atoms with Crippen LogP contribution < -0.4 is 4.74 Å². The molecule has 0 spiro atoms. The number of fused-ring (bicyclic) bond motifs is 5. The second-order valence-electron chi connectivity index (χ2n) is 19.6. The van der Waals surface area contributed by atoms with E-state index in [1.807, 2.05) is 34.6 Å². The third-order valence-corrected chi connectivity index (χ3v) is 16.5. The summed E-state index contributed by atoms with van der Waals surface area (Å²) in [5.41, 5.74) is -5.62. The minimum atomic E-state index is -6.81. The summed E-state index contributed by atoms with van der Waals surface area (Å²) < 4.78 is 213. The smallest absolute Gasteiger partial charge is 0.435 e. The van der Waals surface area contributed by atoms with Crippen molar-refractivity contribution in [3.05, 3.63) is 58.2 Å². The predicted octanol–water partition coefficient (Wildman–Crippen LogP) is 15.5. The third-order valence-electron chi connectivity index (χ3n) is 14.0. The Morgan fingerprint density at radius 1 is 0.676 bits per heavy atom. The number of alkyl halides is 9. The maximum Gasteiger partial charge on any atom is 0.435 e. The second-order valence-corrected chi connectivity index (χ2v) is 22.3. The summed E-state index contributed by atoms with van der Waals surface area (Å²) in [6.45, 7) is 10.7.